The maximum Gasteiger partial charge on any atom is 0.261 e. The van der Waals surface area contributed by atoms with E-state index in [-0.39, 0.29) is 12.7 Å². The van der Waals surface area contributed by atoms with Crippen LogP contribution in [0.25, 0.3) is 6.08 Å². The molecule has 0 atom stereocenters. The highest BCUT2D eigenvalue weighted by molar-refractivity contribution is 5.98. The van der Waals surface area contributed by atoms with E-state index >= 15 is 0 Å². The van der Waals surface area contributed by atoms with E-state index in [9.17, 15) is 4.79 Å². The molecule has 6 heteroatoms. The molecule has 0 spiro atoms. The first-order valence-corrected chi connectivity index (χ1v) is 8.34. The van der Waals surface area contributed by atoms with Crippen molar-refractivity contribution in [1.82, 2.24) is 4.90 Å². The standard InChI is InChI=1S/C20H19NO5/c1-23-16-5-3-4-15(19(16)24-2)20(22)21-8-6-13-10-17-18(26-12-25-17)11-14(13)7-9-21/h3-6,8,10-11H,7,9,12H2,1-2H3. The molecular formula is C20H19NO5. The Morgan fingerprint density at radius 1 is 1.12 bits per heavy atom. The fraction of sp³-hybridized carbons (Fsp3) is 0.250. The van der Waals surface area contributed by atoms with Crippen molar-refractivity contribution in [2.75, 3.05) is 27.6 Å². The number of carbonyl (C=O) groups excluding carboxylic acids is 1. The lowest BCUT2D eigenvalue weighted by Crippen LogP contribution is -2.27. The topological polar surface area (TPSA) is 57.2 Å². The quantitative estimate of drug-likeness (QED) is 0.849. The molecule has 0 bridgehead atoms. The van der Waals surface area contributed by atoms with Crippen LogP contribution in [-0.4, -0.2) is 38.4 Å². The predicted octanol–water partition coefficient (Wildman–Crippen LogP) is 3.10. The normalized spacial score (nSPS) is 14.6. The third kappa shape index (κ3) is 2.73. The van der Waals surface area contributed by atoms with Gasteiger partial charge in [-0.15, -0.1) is 0 Å². The Morgan fingerprint density at radius 2 is 1.92 bits per heavy atom. The number of ether oxygens (including phenoxy) is 4. The molecule has 1 amide bonds. The average molecular weight is 353 g/mol. The Bertz CT molecular complexity index is 890. The van der Waals surface area contributed by atoms with Gasteiger partial charge in [0.05, 0.1) is 19.8 Å². The van der Waals surface area contributed by atoms with Gasteiger partial charge in [0.2, 0.25) is 6.79 Å². The highest BCUT2D eigenvalue weighted by Crippen LogP contribution is 2.37. The summed E-state index contributed by atoms with van der Waals surface area (Å²) in [6.07, 6.45) is 4.45. The summed E-state index contributed by atoms with van der Waals surface area (Å²) in [5, 5.41) is 0. The number of benzene rings is 2. The molecule has 2 heterocycles. The number of hydrogen-bond acceptors (Lipinski definition) is 5. The molecule has 4 rings (SSSR count). The van der Waals surface area contributed by atoms with E-state index in [1.165, 1.54) is 7.11 Å². The number of methoxy groups -OCH3 is 2. The second kappa shape index (κ2) is 6.63. The van der Waals surface area contributed by atoms with Crippen molar-refractivity contribution in [3.63, 3.8) is 0 Å². The fourth-order valence-electron chi connectivity index (χ4n) is 3.24. The van der Waals surface area contributed by atoms with Crippen LogP contribution >= 0.6 is 0 Å². The van der Waals surface area contributed by atoms with Gasteiger partial charge in [-0.2, -0.15) is 0 Å². The molecule has 0 fully saturated rings. The maximum absolute atomic E-state index is 13.0. The zero-order valence-corrected chi connectivity index (χ0v) is 14.7. The zero-order chi connectivity index (χ0) is 18.1. The largest absolute Gasteiger partial charge is 0.493 e. The van der Waals surface area contributed by atoms with E-state index in [2.05, 4.69) is 0 Å². The summed E-state index contributed by atoms with van der Waals surface area (Å²) in [7, 11) is 3.09. The van der Waals surface area contributed by atoms with Crippen LogP contribution in [0.15, 0.2) is 36.5 Å². The van der Waals surface area contributed by atoms with Crippen LogP contribution in [-0.2, 0) is 6.42 Å². The molecule has 6 nitrogen and oxygen atoms in total. The third-order valence-electron chi connectivity index (χ3n) is 4.58. The monoisotopic (exact) mass is 353 g/mol. The van der Waals surface area contributed by atoms with Gasteiger partial charge in [-0.3, -0.25) is 4.79 Å². The molecule has 26 heavy (non-hydrogen) atoms. The summed E-state index contributed by atoms with van der Waals surface area (Å²) in [6.45, 7) is 0.810. The lowest BCUT2D eigenvalue weighted by Gasteiger charge is -2.19. The van der Waals surface area contributed by atoms with E-state index in [0.717, 1.165) is 29.0 Å². The number of hydrogen-bond donors (Lipinski definition) is 0. The van der Waals surface area contributed by atoms with Gasteiger partial charge >= 0.3 is 0 Å². The van der Waals surface area contributed by atoms with E-state index in [4.69, 9.17) is 18.9 Å². The number of fused-ring (bicyclic) bond motifs is 2. The van der Waals surface area contributed by atoms with Crippen LogP contribution < -0.4 is 18.9 Å². The molecule has 0 N–H and O–H groups in total. The maximum atomic E-state index is 13.0. The van der Waals surface area contributed by atoms with Crippen molar-refractivity contribution < 1.29 is 23.7 Å². The first-order chi connectivity index (χ1) is 12.7. The average Bonchev–Trinajstić information content (AvgIpc) is 3.03. The van der Waals surface area contributed by atoms with Gasteiger partial charge in [-0.25, -0.2) is 0 Å². The molecule has 0 unspecified atom stereocenters. The molecule has 0 saturated carbocycles. The highest BCUT2D eigenvalue weighted by Gasteiger charge is 2.23. The molecule has 2 aliphatic rings. The molecular weight excluding hydrogens is 334 g/mol. The molecule has 134 valence electrons. The van der Waals surface area contributed by atoms with Crippen LogP contribution in [0.3, 0.4) is 0 Å². The molecule has 0 aliphatic carbocycles. The van der Waals surface area contributed by atoms with Gasteiger partial charge in [-0.05, 0) is 47.9 Å². The first-order valence-electron chi connectivity index (χ1n) is 8.34. The van der Waals surface area contributed by atoms with E-state index in [0.29, 0.717) is 23.6 Å². The lowest BCUT2D eigenvalue weighted by atomic mass is 10.0. The van der Waals surface area contributed by atoms with E-state index < -0.39 is 0 Å². The minimum Gasteiger partial charge on any atom is -0.493 e. The Labute approximate surface area is 151 Å². The number of rotatable bonds is 3. The van der Waals surface area contributed by atoms with Crippen molar-refractivity contribution in [2.45, 2.75) is 6.42 Å². The van der Waals surface area contributed by atoms with Crippen molar-refractivity contribution >= 4 is 12.0 Å². The smallest absolute Gasteiger partial charge is 0.261 e. The second-order valence-corrected chi connectivity index (χ2v) is 6.01. The lowest BCUT2D eigenvalue weighted by molar-refractivity contribution is 0.0821. The Hall–Kier alpha value is -3.15. The van der Waals surface area contributed by atoms with Gasteiger partial charge in [0.25, 0.3) is 5.91 Å². The van der Waals surface area contributed by atoms with Gasteiger partial charge in [0.15, 0.2) is 23.0 Å². The van der Waals surface area contributed by atoms with Crippen molar-refractivity contribution in [1.29, 1.82) is 0 Å². The number of para-hydroxylation sites is 1. The molecule has 0 radical (unpaired) electrons. The number of nitrogens with zero attached hydrogens (tertiary/aromatic N) is 1. The Morgan fingerprint density at radius 3 is 2.69 bits per heavy atom. The van der Waals surface area contributed by atoms with Crippen LogP contribution in [0.2, 0.25) is 0 Å². The van der Waals surface area contributed by atoms with Crippen molar-refractivity contribution in [2.24, 2.45) is 0 Å². The third-order valence-corrected chi connectivity index (χ3v) is 4.58. The van der Waals surface area contributed by atoms with Crippen LogP contribution in [0.1, 0.15) is 21.5 Å². The van der Waals surface area contributed by atoms with Gasteiger partial charge < -0.3 is 23.8 Å². The fourth-order valence-corrected chi connectivity index (χ4v) is 3.24. The van der Waals surface area contributed by atoms with Gasteiger partial charge in [0.1, 0.15) is 0 Å². The molecule has 0 aromatic heterocycles. The molecule has 2 aliphatic heterocycles. The Balaban J connectivity index is 1.63. The van der Waals surface area contributed by atoms with Crippen molar-refractivity contribution in [3.05, 3.63) is 53.2 Å². The first kappa shape index (κ1) is 16.3. The number of amides is 1. The SMILES string of the molecule is COc1cccc(C(=O)N2C=Cc3cc4c(cc3CC2)OCO4)c1OC. The summed E-state index contributed by atoms with van der Waals surface area (Å²) in [6, 6.07) is 9.23. The second-order valence-electron chi connectivity index (χ2n) is 6.01. The molecule has 0 saturated heterocycles. The minimum atomic E-state index is -0.134. The van der Waals surface area contributed by atoms with E-state index in [1.807, 2.05) is 18.2 Å². The van der Waals surface area contributed by atoms with Crippen molar-refractivity contribution in [3.8, 4) is 23.0 Å². The summed E-state index contributed by atoms with van der Waals surface area (Å²) < 4.78 is 21.6. The number of carbonyl (C=O) groups is 1. The van der Waals surface area contributed by atoms with Gasteiger partial charge in [-0.1, -0.05) is 6.07 Å². The summed E-state index contributed by atoms with van der Waals surface area (Å²) >= 11 is 0. The highest BCUT2D eigenvalue weighted by atomic mass is 16.7. The predicted molar refractivity (Wildman–Crippen MR) is 95.9 cm³/mol. The Kier molecular flexibility index (Phi) is 4.16. The minimum absolute atomic E-state index is 0.134. The van der Waals surface area contributed by atoms with E-state index in [1.54, 1.807) is 36.4 Å². The zero-order valence-electron chi connectivity index (χ0n) is 14.7. The van der Waals surface area contributed by atoms with Gasteiger partial charge in [0, 0.05) is 12.7 Å². The molecule has 2 aromatic rings. The summed E-state index contributed by atoms with van der Waals surface area (Å²) in [5.74, 6) is 2.33. The van der Waals surface area contributed by atoms with Crippen LogP contribution in [0.5, 0.6) is 23.0 Å². The van der Waals surface area contributed by atoms with Crippen LogP contribution in [0.4, 0.5) is 0 Å². The summed E-state index contributed by atoms with van der Waals surface area (Å²) in [5.41, 5.74) is 2.62. The summed E-state index contributed by atoms with van der Waals surface area (Å²) in [4.78, 5) is 14.7. The molecule has 2 aromatic carbocycles. The van der Waals surface area contributed by atoms with Crippen LogP contribution in [0, 0.1) is 0 Å².